The molecule has 0 aliphatic carbocycles. The highest BCUT2D eigenvalue weighted by Gasteiger charge is 2.31. The number of alkyl halides is 3. The summed E-state index contributed by atoms with van der Waals surface area (Å²) >= 11 is 0. The van der Waals surface area contributed by atoms with Crippen molar-refractivity contribution in [2.45, 2.75) is 19.5 Å². The number of anilines is 3. The minimum atomic E-state index is -4.55. The van der Waals surface area contributed by atoms with Gasteiger partial charge in [0, 0.05) is 11.4 Å². The SMILES string of the molecule is Cc1cc(NC(=O)CC(F)(F)F)cc(Nc2ncn(-c3ccccc3)n2)c1. The van der Waals surface area contributed by atoms with Gasteiger partial charge in [-0.25, -0.2) is 4.68 Å². The number of halogens is 3. The van der Waals surface area contributed by atoms with E-state index < -0.39 is 18.5 Å². The lowest BCUT2D eigenvalue weighted by molar-refractivity contribution is -0.150. The molecule has 2 N–H and O–H groups in total. The lowest BCUT2D eigenvalue weighted by Crippen LogP contribution is -2.21. The van der Waals surface area contributed by atoms with Crippen molar-refractivity contribution < 1.29 is 18.0 Å². The molecule has 3 aromatic rings. The standard InChI is InChI=1S/C18H16F3N5O/c1-12-7-13(23-16(27)10-18(19,20)21)9-14(8-12)24-17-22-11-26(25-17)15-5-3-2-4-6-15/h2-9,11H,10H2,1H3,(H,23,27)(H,24,25). The van der Waals surface area contributed by atoms with E-state index in [0.717, 1.165) is 11.3 Å². The zero-order valence-electron chi connectivity index (χ0n) is 14.3. The van der Waals surface area contributed by atoms with E-state index in [9.17, 15) is 18.0 Å². The minimum absolute atomic E-state index is 0.259. The number of aromatic nitrogens is 3. The number of rotatable bonds is 5. The summed E-state index contributed by atoms with van der Waals surface area (Å²) in [6, 6.07) is 14.3. The Morgan fingerprint density at radius 1 is 1.11 bits per heavy atom. The molecule has 27 heavy (non-hydrogen) atoms. The van der Waals surface area contributed by atoms with E-state index in [2.05, 4.69) is 20.7 Å². The highest BCUT2D eigenvalue weighted by Crippen LogP contribution is 2.24. The van der Waals surface area contributed by atoms with Crippen molar-refractivity contribution in [3.05, 3.63) is 60.4 Å². The molecule has 0 saturated carbocycles. The highest BCUT2D eigenvalue weighted by molar-refractivity contribution is 5.91. The van der Waals surface area contributed by atoms with Crippen molar-refractivity contribution in [1.82, 2.24) is 14.8 Å². The highest BCUT2D eigenvalue weighted by atomic mass is 19.4. The maximum absolute atomic E-state index is 12.3. The van der Waals surface area contributed by atoms with E-state index in [1.165, 1.54) is 6.07 Å². The quantitative estimate of drug-likeness (QED) is 0.701. The Morgan fingerprint density at radius 2 is 1.81 bits per heavy atom. The van der Waals surface area contributed by atoms with Gasteiger partial charge in [0.05, 0.1) is 5.69 Å². The van der Waals surface area contributed by atoms with Gasteiger partial charge in [0.1, 0.15) is 12.7 Å². The van der Waals surface area contributed by atoms with Crippen LogP contribution in [0.2, 0.25) is 0 Å². The fourth-order valence-corrected chi connectivity index (χ4v) is 2.47. The van der Waals surface area contributed by atoms with E-state index in [1.807, 2.05) is 30.3 Å². The third kappa shape index (κ3) is 5.30. The molecule has 3 rings (SSSR count). The molecule has 9 heteroatoms. The predicted molar refractivity (Wildman–Crippen MR) is 95.1 cm³/mol. The lowest BCUT2D eigenvalue weighted by Gasteiger charge is -2.11. The van der Waals surface area contributed by atoms with Gasteiger partial charge in [0.2, 0.25) is 11.9 Å². The molecule has 0 bridgehead atoms. The summed E-state index contributed by atoms with van der Waals surface area (Å²) in [5.74, 6) is -0.803. The summed E-state index contributed by atoms with van der Waals surface area (Å²) in [7, 11) is 0. The van der Waals surface area contributed by atoms with E-state index in [0.29, 0.717) is 11.6 Å². The molecule has 1 aromatic heterocycles. The summed E-state index contributed by atoms with van der Waals surface area (Å²) < 4.78 is 38.5. The number of amides is 1. The normalized spacial score (nSPS) is 11.3. The van der Waals surface area contributed by atoms with Crippen LogP contribution < -0.4 is 10.6 Å². The Labute approximate surface area is 153 Å². The first kappa shape index (κ1) is 18.4. The van der Waals surface area contributed by atoms with E-state index in [4.69, 9.17) is 0 Å². The molecule has 6 nitrogen and oxygen atoms in total. The second-order valence-corrected chi connectivity index (χ2v) is 5.90. The van der Waals surface area contributed by atoms with Gasteiger partial charge in [-0.1, -0.05) is 18.2 Å². The van der Waals surface area contributed by atoms with Crippen LogP contribution in [0, 0.1) is 6.92 Å². The smallest absolute Gasteiger partial charge is 0.326 e. The maximum Gasteiger partial charge on any atom is 0.397 e. The molecule has 1 amide bonds. The van der Waals surface area contributed by atoms with Crippen molar-refractivity contribution in [1.29, 1.82) is 0 Å². The first-order chi connectivity index (χ1) is 12.8. The number of para-hydroxylation sites is 1. The largest absolute Gasteiger partial charge is 0.397 e. The topological polar surface area (TPSA) is 71.8 Å². The molecule has 1 heterocycles. The summed E-state index contributed by atoms with van der Waals surface area (Å²) in [6.07, 6.45) is -4.55. The summed E-state index contributed by atoms with van der Waals surface area (Å²) in [5, 5.41) is 9.53. The van der Waals surface area contributed by atoms with Gasteiger partial charge < -0.3 is 10.6 Å². The average molecular weight is 375 g/mol. The summed E-state index contributed by atoms with van der Waals surface area (Å²) in [4.78, 5) is 15.7. The third-order valence-corrected chi connectivity index (χ3v) is 3.49. The molecule has 2 aromatic carbocycles. The Bertz CT molecular complexity index is 938. The fraction of sp³-hybridized carbons (Fsp3) is 0.167. The van der Waals surface area contributed by atoms with Crippen LogP contribution in [0.15, 0.2) is 54.9 Å². The molecule has 0 aliphatic heterocycles. The van der Waals surface area contributed by atoms with Crippen LogP contribution in [0.4, 0.5) is 30.5 Å². The predicted octanol–water partition coefficient (Wildman–Crippen LogP) is 4.21. The monoisotopic (exact) mass is 375 g/mol. The van der Waals surface area contributed by atoms with Gasteiger partial charge in [-0.15, -0.1) is 5.10 Å². The van der Waals surface area contributed by atoms with E-state index >= 15 is 0 Å². The van der Waals surface area contributed by atoms with Crippen LogP contribution in [0.1, 0.15) is 12.0 Å². The second-order valence-electron chi connectivity index (χ2n) is 5.90. The Kier molecular flexibility index (Phi) is 5.11. The van der Waals surface area contributed by atoms with Gasteiger partial charge in [0.15, 0.2) is 0 Å². The Balaban J connectivity index is 1.73. The van der Waals surface area contributed by atoms with Gasteiger partial charge in [-0.2, -0.15) is 18.2 Å². The Morgan fingerprint density at radius 3 is 2.52 bits per heavy atom. The van der Waals surface area contributed by atoms with Gasteiger partial charge in [-0.05, 0) is 42.8 Å². The van der Waals surface area contributed by atoms with Crippen molar-refractivity contribution in [3.8, 4) is 5.69 Å². The van der Waals surface area contributed by atoms with Crippen molar-refractivity contribution in [3.63, 3.8) is 0 Å². The molecule has 0 radical (unpaired) electrons. The lowest BCUT2D eigenvalue weighted by atomic mass is 10.2. The van der Waals surface area contributed by atoms with Crippen LogP contribution >= 0.6 is 0 Å². The van der Waals surface area contributed by atoms with Crippen LogP contribution in [0.25, 0.3) is 5.69 Å². The van der Waals surface area contributed by atoms with E-state index in [-0.39, 0.29) is 5.69 Å². The number of benzene rings is 2. The second kappa shape index (κ2) is 7.48. The summed E-state index contributed by atoms with van der Waals surface area (Å²) in [5.41, 5.74) is 2.39. The van der Waals surface area contributed by atoms with Gasteiger partial charge in [0.25, 0.3) is 0 Å². The minimum Gasteiger partial charge on any atom is -0.326 e. The van der Waals surface area contributed by atoms with Crippen LogP contribution in [-0.2, 0) is 4.79 Å². The first-order valence-electron chi connectivity index (χ1n) is 8.01. The zero-order valence-corrected chi connectivity index (χ0v) is 14.3. The molecule has 0 aliphatic rings. The average Bonchev–Trinajstić information content (AvgIpc) is 3.01. The number of nitrogens with one attached hydrogen (secondary N) is 2. The van der Waals surface area contributed by atoms with Crippen LogP contribution in [0.3, 0.4) is 0 Å². The van der Waals surface area contributed by atoms with Crippen LogP contribution in [-0.4, -0.2) is 26.8 Å². The van der Waals surface area contributed by atoms with Gasteiger partial charge in [-0.3, -0.25) is 4.79 Å². The number of hydrogen-bond donors (Lipinski definition) is 2. The van der Waals surface area contributed by atoms with Crippen molar-refractivity contribution in [2.24, 2.45) is 0 Å². The summed E-state index contributed by atoms with van der Waals surface area (Å²) in [6.45, 7) is 1.76. The molecule has 0 saturated heterocycles. The molecule has 140 valence electrons. The maximum atomic E-state index is 12.3. The molecule has 0 atom stereocenters. The molecule has 0 fully saturated rings. The number of carbonyl (C=O) groups excluding carboxylic acids is 1. The fourth-order valence-electron chi connectivity index (χ4n) is 2.47. The number of carbonyl (C=O) groups is 1. The Hall–Kier alpha value is -3.36. The molecular formula is C18H16F3N5O. The van der Waals surface area contributed by atoms with Crippen molar-refractivity contribution >= 4 is 23.2 Å². The third-order valence-electron chi connectivity index (χ3n) is 3.49. The number of aryl methyl sites for hydroxylation is 1. The zero-order chi connectivity index (χ0) is 19.4. The number of nitrogens with zero attached hydrogens (tertiary/aromatic N) is 3. The molecular weight excluding hydrogens is 359 g/mol. The van der Waals surface area contributed by atoms with Gasteiger partial charge >= 0.3 is 6.18 Å². The first-order valence-corrected chi connectivity index (χ1v) is 8.01. The molecule has 0 spiro atoms. The number of hydrogen-bond acceptors (Lipinski definition) is 4. The van der Waals surface area contributed by atoms with Crippen LogP contribution in [0.5, 0.6) is 0 Å². The van der Waals surface area contributed by atoms with E-state index in [1.54, 1.807) is 30.1 Å². The van der Waals surface area contributed by atoms with Crippen molar-refractivity contribution in [2.75, 3.05) is 10.6 Å². The molecule has 0 unspecified atom stereocenters.